The van der Waals surface area contributed by atoms with Crippen LogP contribution in [0.4, 0.5) is 19.3 Å². The van der Waals surface area contributed by atoms with E-state index < -0.39 is 6.61 Å². The van der Waals surface area contributed by atoms with Crippen LogP contribution in [0.15, 0.2) is 96.6 Å². The normalized spacial score (nSPS) is 15.2. The van der Waals surface area contributed by atoms with Gasteiger partial charge in [0.2, 0.25) is 0 Å². The zero-order valence-corrected chi connectivity index (χ0v) is 18.9. The van der Waals surface area contributed by atoms with Crippen molar-refractivity contribution < 1.29 is 18.3 Å². The number of hydrogen-bond acceptors (Lipinski definition) is 3. The number of hydrazone groups is 1. The third kappa shape index (κ3) is 5.26. The first kappa shape index (κ1) is 23.4. The Kier molecular flexibility index (Phi) is 7.23. The molecular formula is C26H22ClF2N3O2. The Balaban J connectivity index is 1.67. The molecule has 0 saturated heterocycles. The standard InChI is InChI=1S/C26H22ClF2N3O2/c1-2-16-31(21-12-10-20(27)11-13-21)26(33)32-17-23(18-6-4-3-5-7-18)24(30-32)19-8-14-22(15-9-19)34-25(28)29/h2-15,23,25H,1,16-17H2. The maximum atomic E-state index is 13.5. The summed E-state index contributed by atoms with van der Waals surface area (Å²) in [6.07, 6.45) is 1.64. The van der Waals surface area contributed by atoms with E-state index in [9.17, 15) is 13.6 Å². The molecule has 0 N–H and O–H groups in total. The number of amides is 2. The van der Waals surface area contributed by atoms with E-state index in [2.05, 4.69) is 16.4 Å². The van der Waals surface area contributed by atoms with Gasteiger partial charge in [0.25, 0.3) is 0 Å². The van der Waals surface area contributed by atoms with E-state index in [-0.39, 0.29) is 24.2 Å². The fraction of sp³-hybridized carbons (Fsp3) is 0.154. The molecule has 0 aliphatic carbocycles. The predicted molar refractivity (Wildman–Crippen MR) is 130 cm³/mol. The van der Waals surface area contributed by atoms with Crippen molar-refractivity contribution in [2.75, 3.05) is 18.0 Å². The van der Waals surface area contributed by atoms with Gasteiger partial charge >= 0.3 is 12.6 Å². The average Bonchev–Trinajstić information content (AvgIpc) is 3.29. The number of alkyl halides is 2. The minimum atomic E-state index is -2.90. The molecule has 8 heteroatoms. The number of ether oxygens (including phenoxy) is 1. The number of carbonyl (C=O) groups is 1. The topological polar surface area (TPSA) is 45.1 Å². The summed E-state index contributed by atoms with van der Waals surface area (Å²) < 4.78 is 29.5. The molecule has 0 bridgehead atoms. The molecule has 4 rings (SSSR count). The number of hydrogen-bond donors (Lipinski definition) is 0. The van der Waals surface area contributed by atoms with E-state index in [1.54, 1.807) is 47.4 Å². The van der Waals surface area contributed by atoms with Gasteiger partial charge in [0, 0.05) is 23.2 Å². The molecular weight excluding hydrogens is 460 g/mol. The molecule has 1 unspecified atom stereocenters. The zero-order chi connectivity index (χ0) is 24.1. The molecule has 2 amide bonds. The quantitative estimate of drug-likeness (QED) is 0.359. The number of anilines is 1. The molecule has 0 saturated carbocycles. The van der Waals surface area contributed by atoms with Crippen molar-refractivity contribution in [2.45, 2.75) is 12.5 Å². The molecule has 0 aromatic heterocycles. The molecule has 1 heterocycles. The minimum Gasteiger partial charge on any atom is -0.435 e. The first-order valence-corrected chi connectivity index (χ1v) is 11.0. The molecule has 5 nitrogen and oxygen atoms in total. The van der Waals surface area contributed by atoms with Crippen LogP contribution < -0.4 is 9.64 Å². The van der Waals surface area contributed by atoms with E-state index in [0.717, 1.165) is 5.56 Å². The van der Waals surface area contributed by atoms with Crippen molar-refractivity contribution in [3.05, 3.63) is 108 Å². The lowest BCUT2D eigenvalue weighted by atomic mass is 9.90. The summed E-state index contributed by atoms with van der Waals surface area (Å²) in [6.45, 7) is 1.48. The molecule has 1 atom stereocenters. The molecule has 1 aliphatic heterocycles. The molecule has 34 heavy (non-hydrogen) atoms. The van der Waals surface area contributed by atoms with Crippen molar-refractivity contribution in [1.29, 1.82) is 0 Å². The van der Waals surface area contributed by atoms with Gasteiger partial charge in [0.05, 0.1) is 12.3 Å². The Bertz CT molecular complexity index is 1170. The highest BCUT2D eigenvalue weighted by molar-refractivity contribution is 6.30. The highest BCUT2D eigenvalue weighted by Gasteiger charge is 2.34. The summed E-state index contributed by atoms with van der Waals surface area (Å²) in [5.74, 6) is -0.135. The summed E-state index contributed by atoms with van der Waals surface area (Å²) in [7, 11) is 0. The van der Waals surface area contributed by atoms with Crippen molar-refractivity contribution in [3.8, 4) is 5.75 Å². The second-order valence-corrected chi connectivity index (χ2v) is 8.03. The van der Waals surface area contributed by atoms with Gasteiger partial charge in [0.1, 0.15) is 5.75 Å². The van der Waals surface area contributed by atoms with E-state index in [1.165, 1.54) is 17.1 Å². The van der Waals surface area contributed by atoms with Gasteiger partial charge in [-0.1, -0.05) is 48.0 Å². The number of halogens is 3. The summed E-state index contributed by atoms with van der Waals surface area (Å²) in [5, 5.41) is 6.66. The van der Waals surface area contributed by atoms with Gasteiger partial charge in [0.15, 0.2) is 0 Å². The van der Waals surface area contributed by atoms with Gasteiger partial charge in [-0.15, -0.1) is 6.58 Å². The number of benzene rings is 3. The van der Waals surface area contributed by atoms with Crippen LogP contribution >= 0.6 is 11.6 Å². The largest absolute Gasteiger partial charge is 0.435 e. The smallest absolute Gasteiger partial charge is 0.387 e. The van der Waals surface area contributed by atoms with Crippen LogP contribution in [0, 0.1) is 0 Å². The summed E-state index contributed by atoms with van der Waals surface area (Å²) in [6, 6.07) is 22.6. The highest BCUT2D eigenvalue weighted by Crippen LogP contribution is 2.31. The van der Waals surface area contributed by atoms with E-state index >= 15 is 0 Å². The first-order chi connectivity index (χ1) is 16.5. The second-order valence-electron chi connectivity index (χ2n) is 7.59. The number of carbonyl (C=O) groups excluding carboxylic acids is 1. The molecule has 174 valence electrons. The average molecular weight is 482 g/mol. The fourth-order valence-electron chi connectivity index (χ4n) is 3.82. The predicted octanol–water partition coefficient (Wildman–Crippen LogP) is 6.56. The Labute approximate surface area is 201 Å². The molecule has 0 radical (unpaired) electrons. The SMILES string of the molecule is C=CCN(C(=O)N1CC(c2ccccc2)C(c2ccc(OC(F)F)cc2)=N1)c1ccc(Cl)cc1. The second kappa shape index (κ2) is 10.5. The van der Waals surface area contributed by atoms with Gasteiger partial charge in [-0.05, 0) is 59.7 Å². The maximum absolute atomic E-state index is 13.5. The Hall–Kier alpha value is -3.71. The monoisotopic (exact) mass is 481 g/mol. The van der Waals surface area contributed by atoms with Crippen LogP contribution in [0.2, 0.25) is 5.02 Å². The summed E-state index contributed by atoms with van der Waals surface area (Å²) >= 11 is 6.01. The van der Waals surface area contributed by atoms with Gasteiger partial charge in [-0.3, -0.25) is 4.90 Å². The van der Waals surface area contributed by atoms with Crippen LogP contribution in [0.1, 0.15) is 17.0 Å². The molecule has 1 aliphatic rings. The third-order valence-electron chi connectivity index (χ3n) is 5.39. The lowest BCUT2D eigenvalue weighted by Gasteiger charge is -2.25. The molecule has 0 fully saturated rings. The molecule has 3 aromatic rings. The van der Waals surface area contributed by atoms with Crippen LogP contribution in [-0.2, 0) is 0 Å². The first-order valence-electron chi connectivity index (χ1n) is 10.6. The van der Waals surface area contributed by atoms with E-state index in [4.69, 9.17) is 11.6 Å². The van der Waals surface area contributed by atoms with Crippen molar-refractivity contribution in [1.82, 2.24) is 5.01 Å². The van der Waals surface area contributed by atoms with Crippen molar-refractivity contribution >= 4 is 29.0 Å². The number of rotatable bonds is 7. The van der Waals surface area contributed by atoms with Crippen molar-refractivity contribution in [3.63, 3.8) is 0 Å². The third-order valence-corrected chi connectivity index (χ3v) is 5.64. The van der Waals surface area contributed by atoms with Crippen LogP contribution in [-0.4, -0.2) is 36.5 Å². The highest BCUT2D eigenvalue weighted by atomic mass is 35.5. The summed E-state index contributed by atoms with van der Waals surface area (Å²) in [5.41, 5.74) is 3.04. The fourth-order valence-corrected chi connectivity index (χ4v) is 3.94. The number of nitrogens with zero attached hydrogens (tertiary/aromatic N) is 3. The Morgan fingerprint density at radius 2 is 1.79 bits per heavy atom. The summed E-state index contributed by atoms with van der Waals surface area (Å²) in [4.78, 5) is 15.1. The number of urea groups is 1. The van der Waals surface area contributed by atoms with Gasteiger partial charge in [-0.2, -0.15) is 13.9 Å². The molecule has 3 aromatic carbocycles. The van der Waals surface area contributed by atoms with Gasteiger partial charge < -0.3 is 4.74 Å². The lowest BCUT2D eigenvalue weighted by molar-refractivity contribution is -0.0498. The van der Waals surface area contributed by atoms with Crippen LogP contribution in [0.25, 0.3) is 0 Å². The van der Waals surface area contributed by atoms with E-state index in [0.29, 0.717) is 28.5 Å². The Morgan fingerprint density at radius 3 is 2.41 bits per heavy atom. The maximum Gasteiger partial charge on any atom is 0.387 e. The van der Waals surface area contributed by atoms with Crippen molar-refractivity contribution in [2.24, 2.45) is 5.10 Å². The zero-order valence-electron chi connectivity index (χ0n) is 18.2. The van der Waals surface area contributed by atoms with Gasteiger partial charge in [-0.25, -0.2) is 9.80 Å². The lowest BCUT2D eigenvalue weighted by Crippen LogP contribution is -2.40. The van der Waals surface area contributed by atoms with E-state index in [1.807, 2.05) is 30.3 Å². The Morgan fingerprint density at radius 1 is 1.12 bits per heavy atom. The van der Waals surface area contributed by atoms with Crippen LogP contribution in [0.3, 0.4) is 0 Å². The minimum absolute atomic E-state index is 0.0569. The van der Waals surface area contributed by atoms with Crippen LogP contribution in [0.5, 0.6) is 5.75 Å². The molecule has 0 spiro atoms.